The van der Waals surface area contributed by atoms with Gasteiger partial charge in [0.05, 0.1) is 28.8 Å². The summed E-state index contributed by atoms with van der Waals surface area (Å²) in [4.78, 5) is 37.2. The lowest BCUT2D eigenvalue weighted by Crippen LogP contribution is -2.23. The number of amides is 1. The standard InChI is InChI=1S/C21H24N6O2S/c1-12-13(2)25-26(4)21(29)17(12)20-23-14(3)18(30-20)19(28)24-15-7-8-16(22-11-15)27-9-5-6-10-27/h7-8,11H,5-6,9-10H2,1-4H3,(H,24,28). The Bertz CT molecular complexity index is 1160. The molecule has 4 heterocycles. The van der Waals surface area contributed by atoms with Gasteiger partial charge in [0, 0.05) is 20.1 Å². The number of rotatable bonds is 4. The summed E-state index contributed by atoms with van der Waals surface area (Å²) in [5.41, 5.74) is 3.03. The van der Waals surface area contributed by atoms with E-state index in [1.165, 1.54) is 28.9 Å². The molecule has 1 saturated heterocycles. The zero-order valence-electron chi connectivity index (χ0n) is 17.5. The van der Waals surface area contributed by atoms with Crippen LogP contribution in [0.4, 0.5) is 11.5 Å². The van der Waals surface area contributed by atoms with Crippen LogP contribution in [0.1, 0.15) is 39.5 Å². The Labute approximate surface area is 178 Å². The van der Waals surface area contributed by atoms with Gasteiger partial charge in [-0.1, -0.05) is 0 Å². The molecule has 1 aliphatic rings. The third-order valence-corrected chi connectivity index (χ3v) is 6.55. The lowest BCUT2D eigenvalue weighted by atomic mass is 10.1. The topological polar surface area (TPSA) is 93.0 Å². The van der Waals surface area contributed by atoms with Crippen molar-refractivity contribution in [1.82, 2.24) is 19.7 Å². The van der Waals surface area contributed by atoms with Crippen molar-refractivity contribution in [3.63, 3.8) is 0 Å². The minimum atomic E-state index is -0.257. The number of anilines is 2. The molecular formula is C21H24N6O2S. The number of carbonyl (C=O) groups excluding carboxylic acids is 1. The molecule has 1 aliphatic heterocycles. The van der Waals surface area contributed by atoms with Crippen LogP contribution in [0.2, 0.25) is 0 Å². The normalized spacial score (nSPS) is 13.7. The number of aromatic nitrogens is 4. The highest BCUT2D eigenvalue weighted by molar-refractivity contribution is 7.17. The molecule has 3 aromatic heterocycles. The average Bonchev–Trinajstić information content (AvgIpc) is 3.37. The SMILES string of the molecule is Cc1nc(-c2c(C)c(C)nn(C)c2=O)sc1C(=O)Nc1ccc(N2CCCC2)nc1. The van der Waals surface area contributed by atoms with E-state index in [0.717, 1.165) is 30.2 Å². The van der Waals surface area contributed by atoms with Gasteiger partial charge < -0.3 is 10.2 Å². The largest absolute Gasteiger partial charge is 0.357 e. The first-order valence-electron chi connectivity index (χ1n) is 9.90. The second kappa shape index (κ2) is 7.98. The molecular weight excluding hydrogens is 400 g/mol. The lowest BCUT2D eigenvalue weighted by Gasteiger charge is -2.16. The van der Waals surface area contributed by atoms with Gasteiger partial charge in [-0.2, -0.15) is 5.10 Å². The molecule has 0 aromatic carbocycles. The van der Waals surface area contributed by atoms with Crippen LogP contribution >= 0.6 is 11.3 Å². The molecule has 9 heteroatoms. The van der Waals surface area contributed by atoms with E-state index in [-0.39, 0.29) is 11.5 Å². The Balaban J connectivity index is 1.58. The summed E-state index contributed by atoms with van der Waals surface area (Å²) in [5.74, 6) is 0.674. The Morgan fingerprint density at radius 1 is 1.13 bits per heavy atom. The molecule has 0 saturated carbocycles. The molecule has 0 aliphatic carbocycles. The van der Waals surface area contributed by atoms with Crippen molar-refractivity contribution in [2.24, 2.45) is 7.05 Å². The molecule has 1 N–H and O–H groups in total. The molecule has 0 atom stereocenters. The number of pyridine rings is 1. The van der Waals surface area contributed by atoms with Gasteiger partial charge in [-0.15, -0.1) is 11.3 Å². The van der Waals surface area contributed by atoms with E-state index in [0.29, 0.717) is 26.8 Å². The molecule has 0 spiro atoms. The zero-order valence-corrected chi connectivity index (χ0v) is 18.3. The van der Waals surface area contributed by atoms with E-state index < -0.39 is 0 Å². The van der Waals surface area contributed by atoms with Gasteiger partial charge >= 0.3 is 0 Å². The average molecular weight is 425 g/mol. The number of carbonyl (C=O) groups is 1. The molecule has 8 nitrogen and oxygen atoms in total. The van der Waals surface area contributed by atoms with Gasteiger partial charge in [0.1, 0.15) is 15.7 Å². The number of thiazole rings is 1. The fraction of sp³-hybridized carbons (Fsp3) is 0.381. The maximum absolute atomic E-state index is 12.8. The van der Waals surface area contributed by atoms with E-state index in [2.05, 4.69) is 25.3 Å². The summed E-state index contributed by atoms with van der Waals surface area (Å²) in [6.07, 6.45) is 4.05. The molecule has 3 aromatic rings. The Hall–Kier alpha value is -3.07. The van der Waals surface area contributed by atoms with Gasteiger partial charge in [-0.25, -0.2) is 14.6 Å². The highest BCUT2D eigenvalue weighted by Crippen LogP contribution is 2.29. The van der Waals surface area contributed by atoms with Crippen molar-refractivity contribution in [1.29, 1.82) is 0 Å². The van der Waals surface area contributed by atoms with Crippen LogP contribution in [0.15, 0.2) is 23.1 Å². The third kappa shape index (κ3) is 3.72. The quantitative estimate of drug-likeness (QED) is 0.692. The van der Waals surface area contributed by atoms with Gasteiger partial charge in [0.2, 0.25) is 0 Å². The molecule has 30 heavy (non-hydrogen) atoms. The van der Waals surface area contributed by atoms with Crippen molar-refractivity contribution in [3.8, 4) is 10.6 Å². The molecule has 0 unspecified atom stereocenters. The minimum absolute atomic E-state index is 0.222. The van der Waals surface area contributed by atoms with Gasteiger partial charge in [-0.05, 0) is 51.3 Å². The number of nitrogens with one attached hydrogen (secondary N) is 1. The smallest absolute Gasteiger partial charge is 0.277 e. The first-order chi connectivity index (χ1) is 14.3. The monoisotopic (exact) mass is 424 g/mol. The molecule has 1 fully saturated rings. The second-order valence-corrected chi connectivity index (χ2v) is 8.50. The third-order valence-electron chi connectivity index (χ3n) is 5.38. The summed E-state index contributed by atoms with van der Waals surface area (Å²) in [6.45, 7) is 7.52. The molecule has 0 bridgehead atoms. The zero-order chi connectivity index (χ0) is 21.4. The maximum Gasteiger partial charge on any atom is 0.277 e. The fourth-order valence-electron chi connectivity index (χ4n) is 3.60. The van der Waals surface area contributed by atoms with Gasteiger partial charge in [0.25, 0.3) is 11.5 Å². The van der Waals surface area contributed by atoms with Crippen LogP contribution in [0.25, 0.3) is 10.6 Å². The van der Waals surface area contributed by atoms with Gasteiger partial charge in [0.15, 0.2) is 0 Å². The fourth-order valence-corrected chi connectivity index (χ4v) is 4.65. The van der Waals surface area contributed by atoms with Crippen molar-refractivity contribution in [2.45, 2.75) is 33.6 Å². The van der Waals surface area contributed by atoms with Crippen LogP contribution in [0.3, 0.4) is 0 Å². The second-order valence-electron chi connectivity index (χ2n) is 7.50. The maximum atomic E-state index is 12.8. The van der Waals surface area contributed by atoms with Gasteiger partial charge in [-0.3, -0.25) is 9.59 Å². The summed E-state index contributed by atoms with van der Waals surface area (Å²) in [6, 6.07) is 3.79. The van der Waals surface area contributed by atoms with Crippen LogP contribution in [-0.4, -0.2) is 38.7 Å². The molecule has 156 valence electrons. The summed E-state index contributed by atoms with van der Waals surface area (Å²) in [7, 11) is 1.62. The molecule has 0 radical (unpaired) electrons. The molecule has 1 amide bonds. The van der Waals surface area contributed by atoms with E-state index in [1.807, 2.05) is 26.0 Å². The van der Waals surface area contributed by atoms with Crippen molar-refractivity contribution in [3.05, 3.63) is 50.5 Å². The summed E-state index contributed by atoms with van der Waals surface area (Å²) >= 11 is 1.22. The van der Waals surface area contributed by atoms with Crippen LogP contribution in [0.5, 0.6) is 0 Å². The summed E-state index contributed by atoms with van der Waals surface area (Å²) < 4.78 is 1.31. The van der Waals surface area contributed by atoms with E-state index in [4.69, 9.17) is 0 Å². The Morgan fingerprint density at radius 3 is 2.53 bits per heavy atom. The predicted octanol–water partition coefficient (Wildman–Crippen LogP) is 3.08. The number of nitrogens with zero attached hydrogens (tertiary/aromatic N) is 5. The van der Waals surface area contributed by atoms with E-state index >= 15 is 0 Å². The Morgan fingerprint density at radius 2 is 1.87 bits per heavy atom. The predicted molar refractivity (Wildman–Crippen MR) is 118 cm³/mol. The van der Waals surface area contributed by atoms with Crippen LogP contribution in [0, 0.1) is 20.8 Å². The molecule has 4 rings (SSSR count). The lowest BCUT2D eigenvalue weighted by molar-refractivity contribution is 0.103. The van der Waals surface area contributed by atoms with E-state index in [9.17, 15) is 9.59 Å². The van der Waals surface area contributed by atoms with E-state index in [1.54, 1.807) is 20.2 Å². The summed E-state index contributed by atoms with van der Waals surface area (Å²) in [5, 5.41) is 7.63. The first-order valence-corrected chi connectivity index (χ1v) is 10.7. The highest BCUT2D eigenvalue weighted by atomic mass is 32.1. The van der Waals surface area contributed by atoms with Crippen LogP contribution < -0.4 is 15.8 Å². The first kappa shape index (κ1) is 20.2. The van der Waals surface area contributed by atoms with Crippen molar-refractivity contribution in [2.75, 3.05) is 23.3 Å². The number of aryl methyl sites for hydroxylation is 3. The minimum Gasteiger partial charge on any atom is -0.357 e. The highest BCUT2D eigenvalue weighted by Gasteiger charge is 2.21. The van der Waals surface area contributed by atoms with Crippen molar-refractivity contribution < 1.29 is 4.79 Å². The van der Waals surface area contributed by atoms with Crippen LogP contribution in [-0.2, 0) is 7.05 Å². The van der Waals surface area contributed by atoms with Crippen molar-refractivity contribution >= 4 is 28.7 Å². The Kier molecular flexibility index (Phi) is 5.38. The number of hydrogen-bond acceptors (Lipinski definition) is 7. The number of hydrogen-bond donors (Lipinski definition) is 1.